The second kappa shape index (κ2) is 7.51. The number of aliphatic hydroxyl groups excluding tert-OH is 2. The Labute approximate surface area is 233 Å². The normalized spacial score (nSPS) is 49.5. The molecule has 2 saturated carbocycles. The quantitative estimate of drug-likeness (QED) is 0.245. The minimum Gasteiger partial charge on any atom is -0.456 e. The fourth-order valence-corrected chi connectivity index (χ4v) is 9.30. The van der Waals surface area contributed by atoms with Crippen LogP contribution in [0.4, 0.5) is 0 Å². The van der Waals surface area contributed by atoms with Crippen LogP contribution in [-0.4, -0.2) is 86.5 Å². The number of fused-ring (bicyclic) bond motifs is 1. The Morgan fingerprint density at radius 2 is 1.68 bits per heavy atom. The average Bonchev–Trinajstić information content (AvgIpc) is 3.57. The molecule has 40 heavy (non-hydrogen) atoms. The first-order valence-electron chi connectivity index (χ1n) is 13.0. The Morgan fingerprint density at radius 3 is 2.33 bits per heavy atom. The molecule has 0 aromatic heterocycles. The molecule has 13 heteroatoms. The predicted molar refractivity (Wildman–Crippen MR) is 132 cm³/mol. The van der Waals surface area contributed by atoms with Gasteiger partial charge >= 0.3 is 23.1 Å². The molecule has 5 unspecified atom stereocenters. The van der Waals surface area contributed by atoms with Crippen molar-refractivity contribution < 1.29 is 58.1 Å². The van der Waals surface area contributed by atoms with Crippen molar-refractivity contribution in [1.29, 1.82) is 0 Å². The van der Waals surface area contributed by atoms with Crippen LogP contribution in [0, 0.1) is 28.1 Å². The number of rotatable bonds is 2. The highest BCUT2D eigenvalue weighted by molar-refractivity contribution is 7.79. The maximum absolute atomic E-state index is 14.0. The number of hydrogen-bond donors (Lipinski definition) is 3. The highest BCUT2D eigenvalue weighted by atomic mass is 32.1. The van der Waals surface area contributed by atoms with Gasteiger partial charge in [0, 0.05) is 18.1 Å². The van der Waals surface area contributed by atoms with Gasteiger partial charge in [0.1, 0.15) is 17.3 Å². The highest BCUT2D eigenvalue weighted by Crippen LogP contribution is 2.85. The van der Waals surface area contributed by atoms with E-state index in [1.54, 1.807) is 51.1 Å². The number of benzene rings is 1. The van der Waals surface area contributed by atoms with Crippen LogP contribution in [-0.2, 0) is 38.1 Å². The van der Waals surface area contributed by atoms with Crippen LogP contribution in [0.2, 0.25) is 0 Å². The smallest absolute Gasteiger partial charge is 0.358 e. The summed E-state index contributed by atoms with van der Waals surface area (Å²) in [6, 6.07) is 8.41. The molecule has 4 heterocycles. The van der Waals surface area contributed by atoms with Crippen molar-refractivity contribution in [2.75, 3.05) is 0 Å². The molecule has 3 N–H and O–H groups in total. The summed E-state index contributed by atoms with van der Waals surface area (Å²) in [4.78, 5) is 39.9. The lowest BCUT2D eigenvalue weighted by atomic mass is 9.51. The third-order valence-corrected chi connectivity index (χ3v) is 10.3. The second-order valence-corrected chi connectivity index (χ2v) is 12.9. The molecule has 1 aromatic carbocycles. The maximum atomic E-state index is 14.0. The topological polar surface area (TPSA) is 167 Å². The SMILES string of the molecule is C[C@@H]1C(=O)OC2[C@H](OC(=S)Oc3ccccc3)C34C5OC(=O)[C@]3(OC3OC(=O)[C@H](O)C34[C@H](C(C)(C)C)[C@H]5O)[C@]21O. The molecule has 12 atom stereocenters. The van der Waals surface area contributed by atoms with Gasteiger partial charge in [-0.25, -0.2) is 9.59 Å². The zero-order chi connectivity index (χ0) is 28.8. The van der Waals surface area contributed by atoms with Crippen molar-refractivity contribution in [3.05, 3.63) is 30.3 Å². The lowest BCUT2D eigenvalue weighted by Crippen LogP contribution is -2.67. The summed E-state index contributed by atoms with van der Waals surface area (Å²) in [5.74, 6) is -4.99. The van der Waals surface area contributed by atoms with Gasteiger partial charge in [0.05, 0.1) is 17.4 Å². The number of aliphatic hydroxyl groups is 3. The van der Waals surface area contributed by atoms with E-state index in [4.69, 9.17) is 40.6 Å². The maximum Gasteiger partial charge on any atom is 0.358 e. The van der Waals surface area contributed by atoms with Gasteiger partial charge < -0.3 is 43.7 Å². The van der Waals surface area contributed by atoms with Gasteiger partial charge in [0.25, 0.3) is 0 Å². The van der Waals surface area contributed by atoms with E-state index >= 15 is 0 Å². The standard InChI is InChI=1S/C27H28O12S/c1-10-18(30)35-17-16(37-22(40)34-11-8-6-5-7-9-11)25-15-12(28)13(23(2,3)4)24(25)14(29)19(31)38-21(24)39-27(25,20(32)36-15)26(10,17)33/h5-10,12-17,21,28-29,33H,1-4H3/t10-,12-,13+,14+,15?,16+,17?,21?,24?,25?,26-,27-/m1/s1. The summed E-state index contributed by atoms with van der Waals surface area (Å²) in [6.45, 7) is 6.72. The highest BCUT2D eigenvalue weighted by Gasteiger charge is 3.06. The van der Waals surface area contributed by atoms with Crippen LogP contribution < -0.4 is 4.74 Å². The zero-order valence-corrected chi connectivity index (χ0v) is 22.7. The molecule has 12 nitrogen and oxygen atoms in total. The Hall–Kier alpha value is -2.84. The van der Waals surface area contributed by atoms with Crippen molar-refractivity contribution >= 4 is 35.4 Å². The first-order valence-corrected chi connectivity index (χ1v) is 13.4. The van der Waals surface area contributed by atoms with Crippen LogP contribution in [0.25, 0.3) is 0 Å². The monoisotopic (exact) mass is 576 g/mol. The lowest BCUT2D eigenvalue weighted by molar-refractivity contribution is -0.240. The Morgan fingerprint density at radius 1 is 1.00 bits per heavy atom. The molecule has 214 valence electrons. The molecule has 7 rings (SSSR count). The van der Waals surface area contributed by atoms with Crippen LogP contribution in [0.15, 0.2) is 30.3 Å². The van der Waals surface area contributed by atoms with Crippen molar-refractivity contribution in [2.45, 2.75) is 75.7 Å². The van der Waals surface area contributed by atoms with E-state index in [0.717, 1.165) is 0 Å². The van der Waals surface area contributed by atoms with Crippen LogP contribution >= 0.6 is 12.2 Å². The van der Waals surface area contributed by atoms with E-state index in [-0.39, 0.29) is 0 Å². The van der Waals surface area contributed by atoms with Crippen LogP contribution in [0.1, 0.15) is 27.7 Å². The van der Waals surface area contributed by atoms with Gasteiger partial charge in [-0.05, 0) is 24.5 Å². The number of thiocarbonyl (C=S) groups is 1. The summed E-state index contributed by atoms with van der Waals surface area (Å²) >= 11 is 5.42. The minimum atomic E-state index is -2.44. The fraction of sp³-hybridized carbons (Fsp3) is 0.630. The number of ether oxygens (including phenoxy) is 6. The molecule has 0 amide bonds. The van der Waals surface area contributed by atoms with Gasteiger partial charge in [0.15, 0.2) is 23.9 Å². The summed E-state index contributed by atoms with van der Waals surface area (Å²) in [7, 11) is 0. The summed E-state index contributed by atoms with van der Waals surface area (Å²) in [6.07, 6.45) is -9.62. The molecular weight excluding hydrogens is 548 g/mol. The summed E-state index contributed by atoms with van der Waals surface area (Å²) in [5.41, 5.74) is -9.60. The third-order valence-electron chi connectivity index (χ3n) is 10.1. The number of esters is 3. The van der Waals surface area contributed by atoms with Crippen molar-refractivity contribution in [3.8, 4) is 5.75 Å². The number of para-hydroxylation sites is 1. The van der Waals surface area contributed by atoms with E-state index < -0.39 is 99.2 Å². The third kappa shape index (κ3) is 2.38. The zero-order valence-electron chi connectivity index (χ0n) is 21.9. The van der Waals surface area contributed by atoms with E-state index in [9.17, 15) is 29.7 Å². The van der Waals surface area contributed by atoms with E-state index in [2.05, 4.69) is 0 Å². The second-order valence-electron chi connectivity index (χ2n) is 12.5. The minimum absolute atomic E-state index is 0.314. The molecule has 2 spiro atoms. The van der Waals surface area contributed by atoms with Crippen molar-refractivity contribution in [3.63, 3.8) is 0 Å². The molecular formula is C27H28O12S. The molecule has 0 bridgehead atoms. The Balaban J connectivity index is 1.50. The van der Waals surface area contributed by atoms with Gasteiger partial charge in [-0.2, -0.15) is 0 Å². The molecule has 6 fully saturated rings. The Kier molecular flexibility index (Phi) is 4.90. The van der Waals surface area contributed by atoms with Crippen LogP contribution in [0.5, 0.6) is 5.75 Å². The molecule has 2 aliphatic carbocycles. The van der Waals surface area contributed by atoms with Gasteiger partial charge in [-0.15, -0.1) is 0 Å². The van der Waals surface area contributed by atoms with Crippen molar-refractivity contribution in [2.24, 2.45) is 28.1 Å². The van der Waals surface area contributed by atoms with E-state index in [1.807, 2.05) is 0 Å². The number of carbonyl (C=O) groups is 3. The molecule has 0 radical (unpaired) electrons. The lowest BCUT2D eigenvalue weighted by Gasteiger charge is -2.47. The first-order chi connectivity index (χ1) is 18.7. The number of carbonyl (C=O) groups excluding carboxylic acids is 3. The fourth-order valence-electron chi connectivity index (χ4n) is 9.10. The summed E-state index contributed by atoms with van der Waals surface area (Å²) < 4.78 is 35.2. The van der Waals surface area contributed by atoms with Crippen molar-refractivity contribution in [1.82, 2.24) is 0 Å². The first kappa shape index (κ1) is 26.1. The largest absolute Gasteiger partial charge is 0.456 e. The van der Waals surface area contributed by atoms with Gasteiger partial charge in [0.2, 0.25) is 11.9 Å². The number of hydrogen-bond acceptors (Lipinski definition) is 13. The van der Waals surface area contributed by atoms with Crippen LogP contribution in [0.3, 0.4) is 0 Å². The average molecular weight is 577 g/mol. The van der Waals surface area contributed by atoms with Gasteiger partial charge in [-0.1, -0.05) is 39.0 Å². The van der Waals surface area contributed by atoms with E-state index in [1.165, 1.54) is 6.92 Å². The molecule has 4 saturated heterocycles. The summed E-state index contributed by atoms with van der Waals surface area (Å²) in [5, 5.41) is 35.5. The molecule has 6 aliphatic rings. The molecule has 4 aliphatic heterocycles. The predicted octanol–water partition coefficient (Wildman–Crippen LogP) is -0.0105. The van der Waals surface area contributed by atoms with E-state index in [0.29, 0.717) is 5.75 Å². The van der Waals surface area contributed by atoms with Gasteiger partial charge in [-0.3, -0.25) is 4.79 Å². The molecule has 1 aromatic rings. The Bertz CT molecular complexity index is 1360.